The van der Waals surface area contributed by atoms with E-state index in [1.165, 1.54) is 17.0 Å². The maximum Gasteiger partial charge on any atom is 0.338 e. The summed E-state index contributed by atoms with van der Waals surface area (Å²) in [4.78, 5) is 43.2. The third-order valence-corrected chi connectivity index (χ3v) is 4.95. The van der Waals surface area contributed by atoms with E-state index in [1.54, 1.807) is 6.19 Å². The normalized spacial score (nSPS) is 14.0. The molecule has 162 valence electrons. The Bertz CT molecular complexity index is 1370. The van der Waals surface area contributed by atoms with Crippen LogP contribution in [-0.4, -0.2) is 39.5 Å². The van der Waals surface area contributed by atoms with E-state index in [0.717, 1.165) is 15.7 Å². The summed E-state index contributed by atoms with van der Waals surface area (Å²) in [6.45, 7) is 0.427. The van der Waals surface area contributed by atoms with Crippen LogP contribution in [0.15, 0.2) is 35.3 Å². The molecule has 0 radical (unpaired) electrons. The largest absolute Gasteiger partial charge is 0.365 e. The topological polar surface area (TPSA) is 125 Å². The summed E-state index contributed by atoms with van der Waals surface area (Å²) < 4.78 is 43.3. The van der Waals surface area contributed by atoms with Crippen LogP contribution in [0.3, 0.4) is 0 Å². The Morgan fingerprint density at radius 3 is 2.44 bits per heavy atom. The average molecular weight is 442 g/mol. The summed E-state index contributed by atoms with van der Waals surface area (Å²) in [5.74, 6) is -4.95. The SMILES string of the molecule is N#CN1CCCN(c2ccc3c(=O)c(C(N)=O)cn(-c4c(F)cc(F)cc4F)c3n2)C1=O. The second kappa shape index (κ2) is 7.69. The average Bonchev–Trinajstić information content (AvgIpc) is 2.74. The highest BCUT2D eigenvalue weighted by atomic mass is 19.1. The van der Waals surface area contributed by atoms with Crippen LogP contribution in [0.4, 0.5) is 23.8 Å². The number of carbonyl (C=O) groups excluding carboxylic acids is 2. The second-order valence-corrected chi connectivity index (χ2v) is 6.90. The van der Waals surface area contributed by atoms with Crippen molar-refractivity contribution in [3.63, 3.8) is 0 Å². The third kappa shape index (κ3) is 3.29. The fourth-order valence-corrected chi connectivity index (χ4v) is 3.48. The fourth-order valence-electron chi connectivity index (χ4n) is 3.48. The Labute approximate surface area is 177 Å². The molecule has 12 heteroatoms. The molecule has 3 heterocycles. The van der Waals surface area contributed by atoms with Gasteiger partial charge in [0, 0.05) is 31.4 Å². The van der Waals surface area contributed by atoms with Gasteiger partial charge in [-0.2, -0.15) is 5.26 Å². The van der Waals surface area contributed by atoms with Crippen molar-refractivity contribution in [3.8, 4) is 11.9 Å². The van der Waals surface area contributed by atoms with Gasteiger partial charge in [0.25, 0.3) is 5.91 Å². The third-order valence-electron chi connectivity index (χ3n) is 4.95. The Balaban J connectivity index is 2.02. The van der Waals surface area contributed by atoms with Crippen LogP contribution in [-0.2, 0) is 0 Å². The van der Waals surface area contributed by atoms with E-state index in [-0.39, 0.29) is 29.9 Å². The molecule has 1 saturated heterocycles. The predicted molar refractivity (Wildman–Crippen MR) is 105 cm³/mol. The standard InChI is InChI=1S/C20H13F3N6O3/c21-10-6-13(22)16(14(23)7-10)29-8-12(18(25)31)17(30)11-2-3-15(26-19(11)29)28-5-1-4-27(9-24)20(28)32/h2-3,6-8H,1,4-5H2,(H2,25,31). The van der Waals surface area contributed by atoms with Crippen molar-refractivity contribution in [2.24, 2.45) is 5.73 Å². The molecule has 1 fully saturated rings. The number of benzene rings is 1. The molecule has 32 heavy (non-hydrogen) atoms. The number of amides is 3. The molecule has 0 aliphatic carbocycles. The van der Waals surface area contributed by atoms with Crippen LogP contribution in [0, 0.1) is 28.9 Å². The monoisotopic (exact) mass is 442 g/mol. The molecular weight excluding hydrogens is 429 g/mol. The lowest BCUT2D eigenvalue weighted by Gasteiger charge is -2.30. The van der Waals surface area contributed by atoms with E-state index in [9.17, 15) is 27.6 Å². The van der Waals surface area contributed by atoms with Crippen molar-refractivity contribution in [2.75, 3.05) is 18.0 Å². The highest BCUT2D eigenvalue weighted by Crippen LogP contribution is 2.26. The van der Waals surface area contributed by atoms with Gasteiger partial charge in [-0.25, -0.2) is 27.8 Å². The maximum atomic E-state index is 14.5. The van der Waals surface area contributed by atoms with Gasteiger partial charge in [0.1, 0.15) is 22.9 Å². The number of fused-ring (bicyclic) bond motifs is 1. The van der Waals surface area contributed by atoms with E-state index in [4.69, 9.17) is 11.0 Å². The lowest BCUT2D eigenvalue weighted by Crippen LogP contribution is -2.47. The first-order valence-corrected chi connectivity index (χ1v) is 9.23. The summed E-state index contributed by atoms with van der Waals surface area (Å²) in [5.41, 5.74) is 2.73. The predicted octanol–water partition coefficient (Wildman–Crippen LogP) is 2.02. The zero-order chi connectivity index (χ0) is 23.2. The summed E-state index contributed by atoms with van der Waals surface area (Å²) in [5, 5.41) is 8.88. The number of hydrogen-bond acceptors (Lipinski definition) is 5. The molecule has 0 unspecified atom stereocenters. The number of anilines is 1. The van der Waals surface area contributed by atoms with Crippen LogP contribution < -0.4 is 16.1 Å². The molecule has 1 aliphatic rings. The smallest absolute Gasteiger partial charge is 0.338 e. The van der Waals surface area contributed by atoms with Crippen molar-refractivity contribution in [3.05, 3.63) is 63.7 Å². The molecule has 2 aromatic heterocycles. The zero-order valence-corrected chi connectivity index (χ0v) is 16.2. The number of urea groups is 1. The molecule has 0 spiro atoms. The molecule has 1 aliphatic heterocycles. The van der Waals surface area contributed by atoms with E-state index < -0.39 is 46.1 Å². The Hall–Kier alpha value is -4.40. The van der Waals surface area contributed by atoms with Gasteiger partial charge in [-0.3, -0.25) is 19.1 Å². The van der Waals surface area contributed by atoms with Crippen LogP contribution in [0.1, 0.15) is 16.8 Å². The van der Waals surface area contributed by atoms with Gasteiger partial charge in [-0.15, -0.1) is 0 Å². The minimum atomic E-state index is -1.32. The van der Waals surface area contributed by atoms with E-state index in [2.05, 4.69) is 4.98 Å². The van der Waals surface area contributed by atoms with Gasteiger partial charge in [0.2, 0.25) is 5.43 Å². The van der Waals surface area contributed by atoms with Crippen LogP contribution in [0.5, 0.6) is 0 Å². The number of pyridine rings is 2. The van der Waals surface area contributed by atoms with Crippen molar-refractivity contribution < 1.29 is 22.8 Å². The van der Waals surface area contributed by atoms with E-state index in [1.807, 2.05) is 0 Å². The quantitative estimate of drug-likeness (QED) is 0.621. The number of nitrogens with zero attached hydrogens (tertiary/aromatic N) is 5. The number of nitriles is 1. The lowest BCUT2D eigenvalue weighted by molar-refractivity contribution is 0.0999. The number of hydrogen-bond donors (Lipinski definition) is 1. The van der Waals surface area contributed by atoms with Crippen LogP contribution >= 0.6 is 0 Å². The number of carbonyl (C=O) groups is 2. The van der Waals surface area contributed by atoms with Gasteiger partial charge in [0.15, 0.2) is 23.5 Å². The molecule has 0 saturated carbocycles. The second-order valence-electron chi connectivity index (χ2n) is 6.90. The Kier molecular flexibility index (Phi) is 5.01. The molecule has 4 rings (SSSR count). The van der Waals surface area contributed by atoms with Crippen molar-refractivity contribution in [2.45, 2.75) is 6.42 Å². The molecule has 2 N–H and O–H groups in total. The molecule has 0 atom stereocenters. The molecule has 0 bridgehead atoms. The fraction of sp³-hybridized carbons (Fsp3) is 0.150. The number of primary amides is 1. The molecule has 3 aromatic rings. The summed E-state index contributed by atoms with van der Waals surface area (Å²) in [6, 6.07) is 2.72. The molecule has 9 nitrogen and oxygen atoms in total. The highest BCUT2D eigenvalue weighted by molar-refractivity contribution is 5.97. The summed E-state index contributed by atoms with van der Waals surface area (Å²) >= 11 is 0. The van der Waals surface area contributed by atoms with Crippen molar-refractivity contribution in [1.82, 2.24) is 14.5 Å². The van der Waals surface area contributed by atoms with Gasteiger partial charge in [0.05, 0.1) is 5.39 Å². The molecule has 1 aromatic carbocycles. The number of nitrogens with two attached hydrogens (primary N) is 1. The first-order chi connectivity index (χ1) is 15.2. The van der Waals surface area contributed by atoms with E-state index >= 15 is 0 Å². The first-order valence-electron chi connectivity index (χ1n) is 9.23. The zero-order valence-electron chi connectivity index (χ0n) is 16.2. The minimum absolute atomic E-state index is 0.00496. The highest BCUT2D eigenvalue weighted by Gasteiger charge is 2.29. The van der Waals surface area contributed by atoms with Gasteiger partial charge in [-0.05, 0) is 18.6 Å². The number of rotatable bonds is 3. The van der Waals surface area contributed by atoms with E-state index in [0.29, 0.717) is 18.6 Å². The Morgan fingerprint density at radius 2 is 1.81 bits per heavy atom. The molecular formula is C20H13F3N6O3. The summed E-state index contributed by atoms with van der Waals surface area (Å²) in [7, 11) is 0. The molecule has 3 amide bonds. The minimum Gasteiger partial charge on any atom is -0.365 e. The van der Waals surface area contributed by atoms with Crippen LogP contribution in [0.2, 0.25) is 0 Å². The Morgan fingerprint density at radius 1 is 1.12 bits per heavy atom. The lowest BCUT2D eigenvalue weighted by atomic mass is 10.1. The van der Waals surface area contributed by atoms with Crippen molar-refractivity contribution in [1.29, 1.82) is 5.26 Å². The maximum absolute atomic E-state index is 14.5. The number of aromatic nitrogens is 2. The van der Waals surface area contributed by atoms with Crippen LogP contribution in [0.25, 0.3) is 16.7 Å². The first kappa shape index (κ1) is 20.9. The van der Waals surface area contributed by atoms with Gasteiger partial charge >= 0.3 is 6.03 Å². The summed E-state index contributed by atoms with van der Waals surface area (Å²) in [6.07, 6.45) is 3.01. The van der Waals surface area contributed by atoms with Crippen molar-refractivity contribution >= 4 is 28.8 Å². The van der Waals surface area contributed by atoms with Gasteiger partial charge in [-0.1, -0.05) is 0 Å². The number of halogens is 3. The van der Waals surface area contributed by atoms with Gasteiger partial charge < -0.3 is 5.73 Å².